The first-order valence-electron chi connectivity index (χ1n) is 4.55. The first-order valence-corrected chi connectivity index (χ1v) is 5.31. The van der Waals surface area contributed by atoms with Gasteiger partial charge >= 0.3 is 0 Å². The van der Waals surface area contributed by atoms with E-state index >= 15 is 0 Å². The number of phenols is 2. The van der Waals surface area contributed by atoms with Gasteiger partial charge in [-0.15, -0.1) is 0 Å². The minimum absolute atomic E-state index is 0.165. The normalized spacial score (nSPS) is 10.4. The van der Waals surface area contributed by atoms with Gasteiger partial charge in [-0.25, -0.2) is 0 Å². The molecule has 0 aromatic heterocycles. The van der Waals surface area contributed by atoms with Gasteiger partial charge in [0.1, 0.15) is 0 Å². The van der Waals surface area contributed by atoms with Gasteiger partial charge in [-0.05, 0) is 35.9 Å². The summed E-state index contributed by atoms with van der Waals surface area (Å²) in [5.41, 5.74) is 1.41. The Morgan fingerprint density at radius 1 is 0.812 bits per heavy atom. The summed E-state index contributed by atoms with van der Waals surface area (Å²) in [4.78, 5) is 0. The van der Waals surface area contributed by atoms with Crippen molar-refractivity contribution in [2.45, 2.75) is 0 Å². The predicted octanol–water partition coefficient (Wildman–Crippen LogP) is 4.07. The summed E-state index contributed by atoms with van der Waals surface area (Å²) in [6, 6.07) is 9.58. The Morgan fingerprint density at radius 3 is 2.25 bits per heavy atom. The molecule has 0 amide bonds. The summed E-state index contributed by atoms with van der Waals surface area (Å²) in [7, 11) is 0. The molecule has 0 unspecified atom stereocenters. The predicted molar refractivity (Wildman–Crippen MR) is 65.2 cm³/mol. The van der Waals surface area contributed by atoms with Gasteiger partial charge in [-0.3, -0.25) is 0 Å². The zero-order chi connectivity index (χ0) is 11.7. The maximum atomic E-state index is 9.40. The molecule has 2 N–H and O–H groups in total. The summed E-state index contributed by atoms with van der Waals surface area (Å²) in [5.74, 6) is -0.351. The lowest BCUT2D eigenvalue weighted by molar-refractivity contribution is 0.404. The van der Waals surface area contributed by atoms with Crippen molar-refractivity contribution in [3.05, 3.63) is 46.4 Å². The molecule has 2 aromatic carbocycles. The average Bonchev–Trinajstić information content (AvgIpc) is 2.26. The van der Waals surface area contributed by atoms with Crippen molar-refractivity contribution < 1.29 is 10.2 Å². The molecule has 0 radical (unpaired) electrons. The lowest BCUT2D eigenvalue weighted by Gasteiger charge is -2.06. The monoisotopic (exact) mass is 254 g/mol. The SMILES string of the molecule is Oc1ccc(-c2cc(Cl)ccc2Cl)cc1O. The number of rotatable bonds is 1. The fraction of sp³-hybridized carbons (Fsp3) is 0. The van der Waals surface area contributed by atoms with Gasteiger partial charge in [0, 0.05) is 15.6 Å². The second-order valence-electron chi connectivity index (χ2n) is 3.33. The van der Waals surface area contributed by atoms with Gasteiger partial charge in [0.15, 0.2) is 11.5 Å². The molecule has 2 rings (SSSR count). The van der Waals surface area contributed by atoms with Crippen molar-refractivity contribution in [2.75, 3.05) is 0 Å². The number of phenolic OH excluding ortho intramolecular Hbond substituents is 2. The molecule has 2 nitrogen and oxygen atoms in total. The summed E-state index contributed by atoms with van der Waals surface area (Å²) in [6.07, 6.45) is 0. The Bertz CT molecular complexity index is 539. The van der Waals surface area contributed by atoms with E-state index in [1.54, 1.807) is 24.3 Å². The Hall–Kier alpha value is -1.38. The highest BCUT2D eigenvalue weighted by Gasteiger charge is 2.07. The molecule has 0 bridgehead atoms. The van der Waals surface area contributed by atoms with Gasteiger partial charge < -0.3 is 10.2 Å². The number of hydrogen-bond acceptors (Lipinski definition) is 2. The molecule has 0 aliphatic heterocycles. The van der Waals surface area contributed by atoms with Crippen molar-refractivity contribution in [2.24, 2.45) is 0 Å². The number of benzene rings is 2. The lowest BCUT2D eigenvalue weighted by atomic mass is 10.1. The number of aromatic hydroxyl groups is 2. The quantitative estimate of drug-likeness (QED) is 0.754. The standard InChI is InChI=1S/C12H8Cl2O2/c13-8-2-3-10(14)9(6-8)7-1-4-11(15)12(16)5-7/h1-6,15-16H. The first kappa shape index (κ1) is 11.1. The van der Waals surface area contributed by atoms with Gasteiger partial charge in [0.25, 0.3) is 0 Å². The minimum Gasteiger partial charge on any atom is -0.504 e. The third-order valence-corrected chi connectivity index (χ3v) is 2.78. The largest absolute Gasteiger partial charge is 0.504 e. The van der Waals surface area contributed by atoms with Crippen LogP contribution in [0, 0.1) is 0 Å². The third kappa shape index (κ3) is 2.08. The Labute approximate surface area is 103 Å². The highest BCUT2D eigenvalue weighted by Crippen LogP contribution is 2.35. The minimum atomic E-state index is -0.187. The summed E-state index contributed by atoms with van der Waals surface area (Å²) in [5, 5.41) is 19.7. The molecule has 16 heavy (non-hydrogen) atoms. The molecular weight excluding hydrogens is 247 g/mol. The van der Waals surface area contributed by atoms with Crippen LogP contribution in [0.5, 0.6) is 11.5 Å². The Kier molecular flexibility index (Phi) is 2.95. The van der Waals surface area contributed by atoms with Crippen LogP contribution in [0.15, 0.2) is 36.4 Å². The molecule has 0 aliphatic carbocycles. The topological polar surface area (TPSA) is 40.5 Å². The molecule has 2 aromatic rings. The molecule has 0 saturated heterocycles. The molecule has 0 aliphatic rings. The smallest absolute Gasteiger partial charge is 0.158 e. The molecular formula is C12H8Cl2O2. The van der Waals surface area contributed by atoms with Crippen LogP contribution in [0.4, 0.5) is 0 Å². The van der Waals surface area contributed by atoms with Gasteiger partial charge in [0.2, 0.25) is 0 Å². The van der Waals surface area contributed by atoms with E-state index in [9.17, 15) is 10.2 Å². The molecule has 82 valence electrons. The van der Waals surface area contributed by atoms with E-state index in [0.717, 1.165) is 0 Å². The van der Waals surface area contributed by atoms with Crippen LogP contribution in [0.25, 0.3) is 11.1 Å². The Morgan fingerprint density at radius 2 is 1.56 bits per heavy atom. The fourth-order valence-electron chi connectivity index (χ4n) is 1.41. The van der Waals surface area contributed by atoms with Crippen molar-refractivity contribution in [1.29, 1.82) is 0 Å². The van der Waals surface area contributed by atoms with Gasteiger partial charge in [0.05, 0.1) is 0 Å². The number of halogens is 2. The summed E-state index contributed by atoms with van der Waals surface area (Å²) < 4.78 is 0. The molecule has 0 atom stereocenters. The Balaban J connectivity index is 2.58. The summed E-state index contributed by atoms with van der Waals surface area (Å²) >= 11 is 11.9. The maximum absolute atomic E-state index is 9.40. The van der Waals surface area contributed by atoms with Crippen LogP contribution in [0.3, 0.4) is 0 Å². The number of hydrogen-bond donors (Lipinski definition) is 2. The van der Waals surface area contributed by atoms with Crippen molar-refractivity contribution >= 4 is 23.2 Å². The van der Waals surface area contributed by atoms with Gasteiger partial charge in [-0.1, -0.05) is 29.3 Å². The van der Waals surface area contributed by atoms with Crippen molar-refractivity contribution in [3.63, 3.8) is 0 Å². The maximum Gasteiger partial charge on any atom is 0.158 e. The van der Waals surface area contributed by atoms with Crippen LogP contribution >= 0.6 is 23.2 Å². The molecule has 0 spiro atoms. The van der Waals surface area contributed by atoms with Crippen molar-refractivity contribution in [1.82, 2.24) is 0 Å². The van der Waals surface area contributed by atoms with E-state index in [4.69, 9.17) is 23.2 Å². The van der Waals surface area contributed by atoms with E-state index in [2.05, 4.69) is 0 Å². The van der Waals surface area contributed by atoms with Crippen LogP contribution < -0.4 is 0 Å². The van der Waals surface area contributed by atoms with E-state index < -0.39 is 0 Å². The zero-order valence-corrected chi connectivity index (χ0v) is 9.63. The fourth-order valence-corrected chi connectivity index (χ4v) is 1.81. The average molecular weight is 255 g/mol. The molecule has 0 fully saturated rings. The zero-order valence-electron chi connectivity index (χ0n) is 8.11. The highest BCUT2D eigenvalue weighted by molar-refractivity contribution is 6.35. The second-order valence-corrected chi connectivity index (χ2v) is 4.17. The lowest BCUT2D eigenvalue weighted by Crippen LogP contribution is -1.80. The molecule has 0 saturated carbocycles. The van der Waals surface area contributed by atoms with Crippen LogP contribution in [-0.2, 0) is 0 Å². The van der Waals surface area contributed by atoms with E-state index in [0.29, 0.717) is 21.2 Å². The van der Waals surface area contributed by atoms with Crippen LogP contribution in [0.2, 0.25) is 10.0 Å². The molecule has 4 heteroatoms. The van der Waals surface area contributed by atoms with Crippen molar-refractivity contribution in [3.8, 4) is 22.6 Å². The summed E-state index contributed by atoms with van der Waals surface area (Å²) in [6.45, 7) is 0. The van der Waals surface area contributed by atoms with E-state index in [1.807, 2.05) is 0 Å². The van der Waals surface area contributed by atoms with E-state index in [-0.39, 0.29) is 11.5 Å². The highest BCUT2D eigenvalue weighted by atomic mass is 35.5. The molecule has 0 heterocycles. The first-order chi connectivity index (χ1) is 7.58. The van der Waals surface area contributed by atoms with Gasteiger partial charge in [-0.2, -0.15) is 0 Å². The van der Waals surface area contributed by atoms with Crippen LogP contribution in [-0.4, -0.2) is 10.2 Å². The van der Waals surface area contributed by atoms with E-state index in [1.165, 1.54) is 12.1 Å². The second kappa shape index (κ2) is 4.24. The van der Waals surface area contributed by atoms with Crippen LogP contribution in [0.1, 0.15) is 0 Å². The third-order valence-electron chi connectivity index (χ3n) is 2.21.